The van der Waals surface area contributed by atoms with Crippen molar-refractivity contribution in [2.45, 2.75) is 17.7 Å². The fourth-order valence-electron chi connectivity index (χ4n) is 2.38. The van der Waals surface area contributed by atoms with Gasteiger partial charge in [-0.25, -0.2) is 17.9 Å². The van der Waals surface area contributed by atoms with Gasteiger partial charge >= 0.3 is 5.97 Å². The number of rotatable bonds is 6. The maximum absolute atomic E-state index is 12.3. The lowest BCUT2D eigenvalue weighted by molar-refractivity contribution is 0.0600. The van der Waals surface area contributed by atoms with Gasteiger partial charge in [0, 0.05) is 13.1 Å². The van der Waals surface area contributed by atoms with E-state index in [1.165, 1.54) is 25.3 Å². The Morgan fingerprint density at radius 1 is 1.36 bits per heavy atom. The largest absolute Gasteiger partial charge is 0.465 e. The number of nitrogens with one attached hydrogen (secondary N) is 1. The number of benzene rings is 1. The Balaban J connectivity index is 2.08. The van der Waals surface area contributed by atoms with Gasteiger partial charge in [-0.2, -0.15) is 0 Å². The van der Waals surface area contributed by atoms with Gasteiger partial charge in [-0.1, -0.05) is 11.6 Å². The van der Waals surface area contributed by atoms with Gasteiger partial charge in [0.05, 0.1) is 17.7 Å². The fourth-order valence-corrected chi connectivity index (χ4v) is 3.92. The minimum absolute atomic E-state index is 0.0707. The van der Waals surface area contributed by atoms with E-state index in [2.05, 4.69) is 14.4 Å². The summed E-state index contributed by atoms with van der Waals surface area (Å²) in [7, 11) is -2.53. The van der Waals surface area contributed by atoms with E-state index in [9.17, 15) is 13.2 Å². The monoisotopic (exact) mass is 346 g/mol. The van der Waals surface area contributed by atoms with Crippen LogP contribution in [0.5, 0.6) is 0 Å². The molecule has 0 aromatic heterocycles. The van der Waals surface area contributed by atoms with E-state index < -0.39 is 16.0 Å². The van der Waals surface area contributed by atoms with Crippen LogP contribution in [0.3, 0.4) is 0 Å². The number of hydrogen-bond acceptors (Lipinski definition) is 5. The third-order valence-corrected chi connectivity index (χ3v) is 5.50. The summed E-state index contributed by atoms with van der Waals surface area (Å²) in [5.74, 6) is -0.606. The molecule has 2 rings (SSSR count). The van der Waals surface area contributed by atoms with Crippen molar-refractivity contribution in [3.05, 3.63) is 28.8 Å². The maximum atomic E-state index is 12.3. The lowest BCUT2D eigenvalue weighted by Crippen LogP contribution is -2.33. The number of ether oxygens (including phenoxy) is 1. The van der Waals surface area contributed by atoms with Crippen LogP contribution in [-0.4, -0.2) is 52.6 Å². The fraction of sp³-hybridized carbons (Fsp3) is 0.500. The minimum atomic E-state index is -3.76. The molecular formula is C14H19ClN2O4S. The first-order valence-corrected chi connectivity index (χ1v) is 8.90. The van der Waals surface area contributed by atoms with Crippen LogP contribution in [0.1, 0.15) is 23.2 Å². The van der Waals surface area contributed by atoms with Gasteiger partial charge in [0.15, 0.2) is 0 Å². The maximum Gasteiger partial charge on any atom is 0.337 e. The summed E-state index contributed by atoms with van der Waals surface area (Å²) in [4.78, 5) is 13.6. The smallest absolute Gasteiger partial charge is 0.337 e. The lowest BCUT2D eigenvalue weighted by Gasteiger charge is -2.15. The highest BCUT2D eigenvalue weighted by Gasteiger charge is 2.21. The normalized spacial score (nSPS) is 15.9. The van der Waals surface area contributed by atoms with Gasteiger partial charge in [0.25, 0.3) is 0 Å². The molecule has 1 aliphatic heterocycles. The Bertz CT molecular complexity index is 642. The van der Waals surface area contributed by atoms with Gasteiger partial charge in [-0.15, -0.1) is 0 Å². The lowest BCUT2D eigenvalue weighted by atomic mass is 10.2. The number of nitrogens with zero attached hydrogens (tertiary/aromatic N) is 1. The van der Waals surface area contributed by atoms with Gasteiger partial charge in [0.2, 0.25) is 10.0 Å². The Hall–Kier alpha value is -1.15. The average molecular weight is 347 g/mol. The summed E-state index contributed by atoms with van der Waals surface area (Å²) in [5, 5.41) is 0.0707. The first-order chi connectivity index (χ1) is 10.4. The molecule has 0 amide bonds. The predicted octanol–water partition coefficient (Wildman–Crippen LogP) is 1.50. The Morgan fingerprint density at radius 2 is 2.05 bits per heavy atom. The third-order valence-electron chi connectivity index (χ3n) is 3.56. The van der Waals surface area contributed by atoms with Crippen LogP contribution < -0.4 is 4.72 Å². The van der Waals surface area contributed by atoms with Gasteiger partial charge in [0.1, 0.15) is 4.90 Å². The average Bonchev–Trinajstić information content (AvgIpc) is 3.00. The van der Waals surface area contributed by atoms with Crippen molar-refractivity contribution >= 4 is 27.6 Å². The summed E-state index contributed by atoms with van der Waals surface area (Å²) >= 11 is 5.95. The van der Waals surface area contributed by atoms with Crippen LogP contribution >= 0.6 is 11.6 Å². The number of likely N-dealkylation sites (tertiary alicyclic amines) is 1. The number of carbonyl (C=O) groups is 1. The quantitative estimate of drug-likeness (QED) is 0.790. The van der Waals surface area contributed by atoms with E-state index in [1.54, 1.807) is 0 Å². The van der Waals surface area contributed by atoms with Crippen molar-refractivity contribution in [1.29, 1.82) is 0 Å². The molecule has 0 aliphatic carbocycles. The Morgan fingerprint density at radius 3 is 2.68 bits per heavy atom. The highest BCUT2D eigenvalue weighted by atomic mass is 35.5. The molecule has 1 fully saturated rings. The molecule has 1 saturated heterocycles. The molecule has 1 heterocycles. The molecule has 0 spiro atoms. The van der Waals surface area contributed by atoms with Crippen molar-refractivity contribution in [3.63, 3.8) is 0 Å². The molecule has 8 heteroatoms. The SMILES string of the molecule is COC(=O)c1ccc(Cl)c(S(=O)(=O)NCCN2CCCC2)c1. The Labute approximate surface area is 135 Å². The van der Waals surface area contributed by atoms with Crippen LogP contribution in [0, 0.1) is 0 Å². The molecule has 0 unspecified atom stereocenters. The van der Waals surface area contributed by atoms with E-state index in [1.807, 2.05) is 0 Å². The van der Waals surface area contributed by atoms with Crippen LogP contribution in [0.25, 0.3) is 0 Å². The third kappa shape index (κ3) is 4.19. The molecule has 22 heavy (non-hydrogen) atoms. The molecule has 0 radical (unpaired) electrons. The highest BCUT2D eigenvalue weighted by Crippen LogP contribution is 2.23. The summed E-state index contributed by atoms with van der Waals surface area (Å²) in [6.07, 6.45) is 2.31. The minimum Gasteiger partial charge on any atom is -0.465 e. The number of sulfonamides is 1. The zero-order valence-electron chi connectivity index (χ0n) is 12.3. The van der Waals surface area contributed by atoms with E-state index in [4.69, 9.17) is 11.6 Å². The molecule has 1 aliphatic rings. The van der Waals surface area contributed by atoms with Crippen molar-refractivity contribution in [2.75, 3.05) is 33.3 Å². The second-order valence-electron chi connectivity index (χ2n) is 5.08. The summed E-state index contributed by atoms with van der Waals surface area (Å²) in [5.41, 5.74) is 0.145. The molecule has 6 nitrogen and oxygen atoms in total. The first-order valence-electron chi connectivity index (χ1n) is 7.04. The molecule has 1 N–H and O–H groups in total. The van der Waals surface area contributed by atoms with Crippen LogP contribution in [0.2, 0.25) is 5.02 Å². The number of esters is 1. The summed E-state index contributed by atoms with van der Waals surface area (Å²) in [6.45, 7) is 2.97. The molecule has 1 aromatic rings. The second-order valence-corrected chi connectivity index (χ2v) is 7.23. The van der Waals surface area contributed by atoms with E-state index >= 15 is 0 Å². The van der Waals surface area contributed by atoms with Gasteiger partial charge in [-0.3, -0.25) is 0 Å². The Kier molecular flexibility index (Phi) is 5.80. The van der Waals surface area contributed by atoms with Crippen LogP contribution in [0.4, 0.5) is 0 Å². The molecule has 122 valence electrons. The van der Waals surface area contributed by atoms with Crippen molar-refractivity contribution in [1.82, 2.24) is 9.62 Å². The second kappa shape index (κ2) is 7.41. The molecule has 0 saturated carbocycles. The predicted molar refractivity (Wildman–Crippen MR) is 83.7 cm³/mol. The van der Waals surface area contributed by atoms with Crippen LogP contribution in [0.15, 0.2) is 23.1 Å². The highest BCUT2D eigenvalue weighted by molar-refractivity contribution is 7.89. The number of methoxy groups -OCH3 is 1. The van der Waals surface area contributed by atoms with Crippen molar-refractivity contribution in [2.24, 2.45) is 0 Å². The zero-order valence-corrected chi connectivity index (χ0v) is 13.9. The van der Waals surface area contributed by atoms with E-state index in [0.717, 1.165) is 25.9 Å². The topological polar surface area (TPSA) is 75.7 Å². The van der Waals surface area contributed by atoms with Crippen molar-refractivity contribution < 1.29 is 17.9 Å². The summed E-state index contributed by atoms with van der Waals surface area (Å²) in [6, 6.07) is 4.03. The molecule has 0 atom stereocenters. The van der Waals surface area contributed by atoms with Crippen LogP contribution in [-0.2, 0) is 14.8 Å². The molecule has 0 bridgehead atoms. The molecule has 1 aromatic carbocycles. The zero-order chi connectivity index (χ0) is 16.2. The number of hydrogen-bond donors (Lipinski definition) is 1. The first kappa shape index (κ1) is 17.2. The van der Waals surface area contributed by atoms with E-state index in [0.29, 0.717) is 13.1 Å². The number of halogens is 1. The van der Waals surface area contributed by atoms with Gasteiger partial charge in [-0.05, 0) is 44.1 Å². The van der Waals surface area contributed by atoms with E-state index in [-0.39, 0.29) is 15.5 Å². The van der Waals surface area contributed by atoms with Gasteiger partial charge < -0.3 is 9.64 Å². The molecular weight excluding hydrogens is 328 g/mol. The van der Waals surface area contributed by atoms with Crippen molar-refractivity contribution in [3.8, 4) is 0 Å². The standard InChI is InChI=1S/C14H19ClN2O4S/c1-21-14(18)11-4-5-12(15)13(10-11)22(19,20)16-6-9-17-7-2-3-8-17/h4-5,10,16H,2-3,6-9H2,1H3. The number of carbonyl (C=O) groups excluding carboxylic acids is 1. The summed E-state index contributed by atoms with van der Waals surface area (Å²) < 4.78 is 31.8.